The highest BCUT2D eigenvalue weighted by Gasteiger charge is 2.19. The van der Waals surface area contributed by atoms with Crippen molar-refractivity contribution in [1.82, 2.24) is 0 Å². The number of carboxylic acid groups (broad SMARTS) is 1. The molecule has 1 unspecified atom stereocenters. The number of ether oxygens (including phenoxy) is 1. The lowest BCUT2D eigenvalue weighted by molar-refractivity contribution is -0.162. The summed E-state index contributed by atoms with van der Waals surface area (Å²) in [5, 5.41) is 8.69. The first-order valence-electron chi connectivity index (χ1n) is 4.55. The predicted octanol–water partition coefficient (Wildman–Crippen LogP) is 1.54. The van der Waals surface area contributed by atoms with E-state index in [2.05, 4.69) is 11.7 Å². The minimum absolute atomic E-state index is 0.375. The van der Waals surface area contributed by atoms with Gasteiger partial charge in [0.1, 0.15) is 0 Å². The lowest BCUT2D eigenvalue weighted by Gasteiger charge is -2.11. The van der Waals surface area contributed by atoms with Crippen molar-refractivity contribution in [2.45, 2.75) is 32.8 Å². The van der Waals surface area contributed by atoms with Gasteiger partial charge in [-0.05, 0) is 17.9 Å². The smallest absolute Gasteiger partial charge is 0.345 e. The van der Waals surface area contributed by atoms with Crippen molar-refractivity contribution >= 4 is 23.7 Å². The maximum atomic E-state index is 10.6. The fourth-order valence-electron chi connectivity index (χ4n) is 0.870. The van der Waals surface area contributed by atoms with E-state index in [4.69, 9.17) is 5.11 Å². The molecular weight excluding hydrogens is 204 g/mol. The number of thioether (sulfide) groups is 1. The molecule has 0 aliphatic rings. The van der Waals surface area contributed by atoms with Crippen LogP contribution >= 0.6 is 11.8 Å². The minimum atomic E-state index is -1.07. The van der Waals surface area contributed by atoms with E-state index in [1.807, 2.05) is 0 Å². The van der Waals surface area contributed by atoms with Crippen molar-refractivity contribution < 1.29 is 19.4 Å². The normalized spacial score (nSPS) is 12.1. The number of rotatable bonds is 7. The van der Waals surface area contributed by atoms with Crippen LogP contribution in [0.5, 0.6) is 0 Å². The van der Waals surface area contributed by atoms with Gasteiger partial charge in [-0.3, -0.25) is 4.79 Å². The van der Waals surface area contributed by atoms with Gasteiger partial charge in [0, 0.05) is 13.3 Å². The number of carbonyl (C=O) groups excluding carboxylic acids is 1. The average molecular weight is 220 g/mol. The molecule has 0 aromatic carbocycles. The molecule has 0 amide bonds. The number of esters is 1. The summed E-state index contributed by atoms with van der Waals surface area (Å²) in [6, 6.07) is 0. The highest BCUT2D eigenvalue weighted by molar-refractivity contribution is 7.99. The summed E-state index contributed by atoms with van der Waals surface area (Å²) in [6.45, 7) is 3.28. The number of hydrogen-bond acceptors (Lipinski definition) is 4. The van der Waals surface area contributed by atoms with E-state index in [9.17, 15) is 9.59 Å². The third-order valence-corrected chi connectivity index (χ3v) is 2.68. The Hall–Kier alpha value is -0.710. The van der Waals surface area contributed by atoms with Crippen LogP contribution < -0.4 is 0 Å². The lowest BCUT2D eigenvalue weighted by Crippen LogP contribution is -2.26. The first-order chi connectivity index (χ1) is 6.57. The fourth-order valence-corrected chi connectivity index (χ4v) is 1.74. The van der Waals surface area contributed by atoms with E-state index in [0.29, 0.717) is 12.2 Å². The van der Waals surface area contributed by atoms with Gasteiger partial charge in [-0.1, -0.05) is 6.92 Å². The molecule has 0 heterocycles. The molecule has 4 nitrogen and oxygen atoms in total. The van der Waals surface area contributed by atoms with Crippen molar-refractivity contribution in [3.05, 3.63) is 0 Å². The average Bonchev–Trinajstić information content (AvgIpc) is 2.09. The Balaban J connectivity index is 3.74. The van der Waals surface area contributed by atoms with E-state index in [1.165, 1.54) is 6.92 Å². The van der Waals surface area contributed by atoms with Gasteiger partial charge in [-0.2, -0.15) is 11.8 Å². The Morgan fingerprint density at radius 3 is 2.50 bits per heavy atom. The van der Waals surface area contributed by atoms with E-state index < -0.39 is 18.0 Å². The first-order valence-corrected chi connectivity index (χ1v) is 5.71. The maximum Gasteiger partial charge on any atom is 0.345 e. The van der Waals surface area contributed by atoms with Gasteiger partial charge in [-0.25, -0.2) is 4.79 Å². The van der Waals surface area contributed by atoms with Crippen LogP contribution in [0, 0.1) is 0 Å². The second kappa shape index (κ2) is 7.67. The number of aliphatic carboxylic acids is 1. The van der Waals surface area contributed by atoms with Crippen LogP contribution in [-0.2, 0) is 14.3 Å². The number of carboxylic acids is 1. The molecular formula is C9H16O4S. The molecule has 0 radical (unpaired) electrons. The van der Waals surface area contributed by atoms with Crippen molar-refractivity contribution in [3.63, 3.8) is 0 Å². The lowest BCUT2D eigenvalue weighted by atomic mass is 10.3. The van der Waals surface area contributed by atoms with Gasteiger partial charge in [0.2, 0.25) is 0 Å². The first kappa shape index (κ1) is 13.3. The van der Waals surface area contributed by atoms with Crippen LogP contribution in [0.25, 0.3) is 0 Å². The van der Waals surface area contributed by atoms with Gasteiger partial charge < -0.3 is 9.84 Å². The molecule has 1 atom stereocenters. The van der Waals surface area contributed by atoms with Crippen LogP contribution in [-0.4, -0.2) is 34.7 Å². The summed E-state index contributed by atoms with van der Waals surface area (Å²) in [4.78, 5) is 21.2. The highest BCUT2D eigenvalue weighted by Crippen LogP contribution is 2.09. The van der Waals surface area contributed by atoms with Gasteiger partial charge >= 0.3 is 11.9 Å². The molecule has 0 fully saturated rings. The van der Waals surface area contributed by atoms with E-state index >= 15 is 0 Å². The summed E-state index contributed by atoms with van der Waals surface area (Å²) in [5.41, 5.74) is 0. The zero-order valence-electron chi connectivity index (χ0n) is 8.49. The molecule has 0 aliphatic heterocycles. The van der Waals surface area contributed by atoms with Gasteiger partial charge in [0.15, 0.2) is 6.10 Å². The van der Waals surface area contributed by atoms with Crippen LogP contribution in [0.1, 0.15) is 26.7 Å². The monoisotopic (exact) mass is 220 g/mol. The molecule has 0 aromatic rings. The third-order valence-electron chi connectivity index (χ3n) is 1.46. The summed E-state index contributed by atoms with van der Waals surface area (Å²) in [5.74, 6) is 0.0972. The molecule has 0 rings (SSSR count). The largest absolute Gasteiger partial charge is 0.479 e. The van der Waals surface area contributed by atoms with Gasteiger partial charge in [0.05, 0.1) is 0 Å². The van der Waals surface area contributed by atoms with Crippen LogP contribution in [0.2, 0.25) is 0 Å². The standard InChI is InChI=1S/C9H16O4S/c1-3-5-14-6-4-8(9(11)12)13-7(2)10/h8H,3-6H2,1-2H3,(H,11,12). The summed E-state index contributed by atoms with van der Waals surface area (Å²) in [7, 11) is 0. The second-order valence-corrected chi connectivity index (χ2v) is 4.06. The maximum absolute atomic E-state index is 10.6. The molecule has 0 bridgehead atoms. The van der Waals surface area contributed by atoms with Crippen LogP contribution in [0.15, 0.2) is 0 Å². The van der Waals surface area contributed by atoms with Crippen LogP contribution in [0.3, 0.4) is 0 Å². The fraction of sp³-hybridized carbons (Fsp3) is 0.778. The van der Waals surface area contributed by atoms with E-state index in [-0.39, 0.29) is 0 Å². The summed E-state index contributed by atoms with van der Waals surface area (Å²) < 4.78 is 4.64. The highest BCUT2D eigenvalue weighted by atomic mass is 32.2. The number of hydrogen-bond donors (Lipinski definition) is 1. The summed E-state index contributed by atoms with van der Waals surface area (Å²) in [6.07, 6.45) is 0.451. The SMILES string of the molecule is CCCSCCC(OC(C)=O)C(=O)O. The Kier molecular flexibility index (Phi) is 7.28. The molecule has 0 spiro atoms. The van der Waals surface area contributed by atoms with Crippen molar-refractivity contribution in [2.24, 2.45) is 0 Å². The van der Waals surface area contributed by atoms with Crippen molar-refractivity contribution in [1.29, 1.82) is 0 Å². The Bertz CT molecular complexity index is 193. The third kappa shape index (κ3) is 6.77. The molecule has 5 heteroatoms. The van der Waals surface area contributed by atoms with Crippen LogP contribution in [0.4, 0.5) is 0 Å². The molecule has 0 saturated carbocycles. The second-order valence-electron chi connectivity index (χ2n) is 2.84. The van der Waals surface area contributed by atoms with Gasteiger partial charge in [0.25, 0.3) is 0 Å². The Morgan fingerprint density at radius 1 is 1.43 bits per heavy atom. The topological polar surface area (TPSA) is 63.6 Å². The molecule has 14 heavy (non-hydrogen) atoms. The Morgan fingerprint density at radius 2 is 2.07 bits per heavy atom. The quantitative estimate of drug-likeness (QED) is 0.521. The van der Waals surface area contributed by atoms with E-state index in [1.54, 1.807) is 11.8 Å². The Labute approximate surface area is 88.0 Å². The molecule has 0 saturated heterocycles. The molecule has 0 aromatic heterocycles. The molecule has 0 aliphatic carbocycles. The van der Waals surface area contributed by atoms with Crippen molar-refractivity contribution in [3.8, 4) is 0 Å². The number of carbonyl (C=O) groups is 2. The molecule has 1 N–H and O–H groups in total. The van der Waals surface area contributed by atoms with Gasteiger partial charge in [-0.15, -0.1) is 0 Å². The molecule has 82 valence electrons. The zero-order chi connectivity index (χ0) is 11.0. The minimum Gasteiger partial charge on any atom is -0.479 e. The van der Waals surface area contributed by atoms with Crippen molar-refractivity contribution in [2.75, 3.05) is 11.5 Å². The zero-order valence-corrected chi connectivity index (χ0v) is 9.30. The predicted molar refractivity (Wildman–Crippen MR) is 55.4 cm³/mol. The van der Waals surface area contributed by atoms with E-state index in [0.717, 1.165) is 12.2 Å². The summed E-state index contributed by atoms with van der Waals surface area (Å²) >= 11 is 1.67.